The molecule has 1 atom stereocenters. The van der Waals surface area contributed by atoms with Crippen LogP contribution in [0.15, 0.2) is 0 Å². The minimum atomic E-state index is -0.431. The van der Waals surface area contributed by atoms with Gasteiger partial charge in [0.2, 0.25) is 5.91 Å². The van der Waals surface area contributed by atoms with E-state index in [0.29, 0.717) is 6.04 Å². The number of amides is 1. The third-order valence-corrected chi connectivity index (χ3v) is 3.82. The molecule has 1 aliphatic carbocycles. The Hall–Kier alpha value is -1.10. The fourth-order valence-electron chi connectivity index (χ4n) is 2.62. The summed E-state index contributed by atoms with van der Waals surface area (Å²) in [6.07, 6.45) is 7.04. The Labute approximate surface area is 121 Å². The molecular formula is C15H28N2O3. The number of ether oxygens (including phenoxy) is 1. The summed E-state index contributed by atoms with van der Waals surface area (Å²) in [7, 11) is 1.37. The Bertz CT molecular complexity index is 310. The van der Waals surface area contributed by atoms with Crippen molar-refractivity contribution in [2.75, 3.05) is 13.7 Å². The molecule has 1 aliphatic rings. The molecule has 0 radical (unpaired) electrons. The van der Waals surface area contributed by atoms with Gasteiger partial charge in [0.25, 0.3) is 0 Å². The molecule has 1 fully saturated rings. The summed E-state index contributed by atoms with van der Waals surface area (Å²) in [4.78, 5) is 23.5. The lowest BCUT2D eigenvalue weighted by molar-refractivity contribution is -0.144. The highest BCUT2D eigenvalue weighted by Gasteiger charge is 2.23. The number of carbonyl (C=O) groups is 2. The average molecular weight is 284 g/mol. The lowest BCUT2D eigenvalue weighted by Gasteiger charge is -2.21. The van der Waals surface area contributed by atoms with E-state index in [1.807, 2.05) is 13.8 Å². The van der Waals surface area contributed by atoms with Crippen LogP contribution in [0.2, 0.25) is 0 Å². The van der Waals surface area contributed by atoms with Crippen molar-refractivity contribution in [2.45, 2.75) is 64.5 Å². The maximum Gasteiger partial charge on any atom is 0.323 e. The van der Waals surface area contributed by atoms with E-state index >= 15 is 0 Å². The van der Waals surface area contributed by atoms with Gasteiger partial charge in [0, 0.05) is 6.04 Å². The fourth-order valence-corrected chi connectivity index (χ4v) is 2.62. The Morgan fingerprint density at radius 2 is 1.75 bits per heavy atom. The Kier molecular flexibility index (Phi) is 7.59. The summed E-state index contributed by atoms with van der Waals surface area (Å²) in [5, 5.41) is 6.04. The van der Waals surface area contributed by atoms with Crippen molar-refractivity contribution in [3.63, 3.8) is 0 Å². The zero-order valence-corrected chi connectivity index (χ0v) is 12.9. The molecule has 116 valence electrons. The SMILES string of the molecule is COC(=O)C(NCC(=O)NC1CCCCCC1)C(C)C. The lowest BCUT2D eigenvalue weighted by Crippen LogP contribution is -2.48. The van der Waals surface area contributed by atoms with E-state index in [9.17, 15) is 9.59 Å². The molecule has 5 heteroatoms. The highest BCUT2D eigenvalue weighted by Crippen LogP contribution is 2.17. The van der Waals surface area contributed by atoms with Crippen LogP contribution in [-0.4, -0.2) is 37.6 Å². The molecule has 0 aromatic carbocycles. The van der Waals surface area contributed by atoms with Gasteiger partial charge in [0.1, 0.15) is 6.04 Å². The molecule has 1 rings (SSSR count). The van der Waals surface area contributed by atoms with Crippen LogP contribution >= 0.6 is 0 Å². The van der Waals surface area contributed by atoms with E-state index in [-0.39, 0.29) is 24.3 Å². The smallest absolute Gasteiger partial charge is 0.323 e. The number of rotatable bonds is 6. The van der Waals surface area contributed by atoms with E-state index in [2.05, 4.69) is 10.6 Å². The van der Waals surface area contributed by atoms with Crippen LogP contribution in [0.4, 0.5) is 0 Å². The van der Waals surface area contributed by atoms with E-state index in [1.165, 1.54) is 32.8 Å². The second-order valence-corrected chi connectivity index (χ2v) is 5.88. The predicted molar refractivity (Wildman–Crippen MR) is 78.3 cm³/mol. The van der Waals surface area contributed by atoms with Crippen molar-refractivity contribution < 1.29 is 14.3 Å². The second kappa shape index (κ2) is 8.95. The van der Waals surface area contributed by atoms with Crippen LogP contribution in [0.3, 0.4) is 0 Å². The van der Waals surface area contributed by atoms with Gasteiger partial charge in [-0.2, -0.15) is 0 Å². The molecule has 1 amide bonds. The summed E-state index contributed by atoms with van der Waals surface area (Å²) in [5.74, 6) is -0.262. The number of nitrogens with one attached hydrogen (secondary N) is 2. The molecule has 1 saturated carbocycles. The van der Waals surface area contributed by atoms with Gasteiger partial charge < -0.3 is 10.1 Å². The monoisotopic (exact) mass is 284 g/mol. The van der Waals surface area contributed by atoms with E-state index in [1.54, 1.807) is 0 Å². The third kappa shape index (κ3) is 5.90. The van der Waals surface area contributed by atoms with Crippen molar-refractivity contribution in [1.29, 1.82) is 0 Å². The molecule has 5 nitrogen and oxygen atoms in total. The first kappa shape index (κ1) is 17.0. The number of hydrogen-bond donors (Lipinski definition) is 2. The van der Waals surface area contributed by atoms with Crippen molar-refractivity contribution >= 4 is 11.9 Å². The van der Waals surface area contributed by atoms with Gasteiger partial charge >= 0.3 is 5.97 Å². The lowest BCUT2D eigenvalue weighted by atomic mass is 10.0. The number of methoxy groups -OCH3 is 1. The van der Waals surface area contributed by atoms with Crippen LogP contribution in [0.1, 0.15) is 52.4 Å². The highest BCUT2D eigenvalue weighted by atomic mass is 16.5. The Balaban J connectivity index is 2.35. The van der Waals surface area contributed by atoms with Crippen LogP contribution in [-0.2, 0) is 14.3 Å². The number of esters is 1. The van der Waals surface area contributed by atoms with Gasteiger partial charge in [-0.3, -0.25) is 14.9 Å². The molecule has 20 heavy (non-hydrogen) atoms. The maximum atomic E-state index is 11.9. The first-order valence-corrected chi connectivity index (χ1v) is 7.65. The van der Waals surface area contributed by atoms with Crippen molar-refractivity contribution in [3.05, 3.63) is 0 Å². The fraction of sp³-hybridized carbons (Fsp3) is 0.867. The summed E-state index contributed by atoms with van der Waals surface area (Å²) in [5.41, 5.74) is 0. The molecule has 0 saturated heterocycles. The number of carbonyl (C=O) groups excluding carboxylic acids is 2. The molecule has 2 N–H and O–H groups in total. The predicted octanol–water partition coefficient (Wildman–Crippen LogP) is 1.61. The standard InChI is InChI=1S/C15H28N2O3/c1-11(2)14(15(19)20-3)16-10-13(18)17-12-8-6-4-5-7-9-12/h11-12,14,16H,4-10H2,1-3H3,(H,17,18). The zero-order chi connectivity index (χ0) is 15.0. The maximum absolute atomic E-state index is 11.9. The molecule has 0 heterocycles. The molecule has 0 aliphatic heterocycles. The molecular weight excluding hydrogens is 256 g/mol. The van der Waals surface area contributed by atoms with Gasteiger partial charge in [0.15, 0.2) is 0 Å². The minimum absolute atomic E-state index is 0.0357. The van der Waals surface area contributed by atoms with Crippen LogP contribution < -0.4 is 10.6 Å². The first-order chi connectivity index (χ1) is 9.54. The van der Waals surface area contributed by atoms with Gasteiger partial charge in [-0.25, -0.2) is 0 Å². The molecule has 0 aromatic rings. The zero-order valence-electron chi connectivity index (χ0n) is 12.9. The van der Waals surface area contributed by atoms with E-state index in [0.717, 1.165) is 12.8 Å². The Morgan fingerprint density at radius 1 is 1.15 bits per heavy atom. The van der Waals surface area contributed by atoms with Crippen molar-refractivity contribution in [3.8, 4) is 0 Å². The number of hydrogen-bond acceptors (Lipinski definition) is 4. The van der Waals surface area contributed by atoms with Crippen LogP contribution in [0.25, 0.3) is 0 Å². The van der Waals surface area contributed by atoms with Gasteiger partial charge in [-0.1, -0.05) is 39.5 Å². The largest absolute Gasteiger partial charge is 0.468 e. The van der Waals surface area contributed by atoms with Gasteiger partial charge in [0.05, 0.1) is 13.7 Å². The average Bonchev–Trinajstić information content (AvgIpc) is 2.66. The first-order valence-electron chi connectivity index (χ1n) is 7.65. The summed E-state index contributed by atoms with van der Waals surface area (Å²) < 4.78 is 4.74. The van der Waals surface area contributed by atoms with Gasteiger partial charge in [-0.05, 0) is 18.8 Å². The Morgan fingerprint density at radius 3 is 2.25 bits per heavy atom. The van der Waals surface area contributed by atoms with Crippen LogP contribution in [0.5, 0.6) is 0 Å². The van der Waals surface area contributed by atoms with E-state index < -0.39 is 6.04 Å². The third-order valence-electron chi connectivity index (χ3n) is 3.82. The molecule has 0 aromatic heterocycles. The van der Waals surface area contributed by atoms with Crippen molar-refractivity contribution in [1.82, 2.24) is 10.6 Å². The van der Waals surface area contributed by atoms with Gasteiger partial charge in [-0.15, -0.1) is 0 Å². The molecule has 0 bridgehead atoms. The second-order valence-electron chi connectivity index (χ2n) is 5.88. The van der Waals surface area contributed by atoms with Crippen molar-refractivity contribution in [2.24, 2.45) is 5.92 Å². The van der Waals surface area contributed by atoms with Crippen LogP contribution in [0, 0.1) is 5.92 Å². The minimum Gasteiger partial charge on any atom is -0.468 e. The highest BCUT2D eigenvalue weighted by molar-refractivity contribution is 5.80. The quantitative estimate of drug-likeness (QED) is 0.574. The van der Waals surface area contributed by atoms with E-state index in [4.69, 9.17) is 4.74 Å². The summed E-state index contributed by atoms with van der Waals surface area (Å²) in [6.45, 7) is 4.02. The summed E-state index contributed by atoms with van der Waals surface area (Å²) >= 11 is 0. The summed E-state index contributed by atoms with van der Waals surface area (Å²) in [6, 6.07) is -0.137. The molecule has 0 spiro atoms. The topological polar surface area (TPSA) is 67.4 Å². The molecule has 1 unspecified atom stereocenters. The normalized spacial score (nSPS) is 18.4.